The van der Waals surface area contributed by atoms with E-state index in [1.165, 1.54) is 5.56 Å². The number of ether oxygens (including phenoxy) is 1. The van der Waals surface area contributed by atoms with Crippen LogP contribution in [0, 0.1) is 0 Å². The van der Waals surface area contributed by atoms with Crippen LogP contribution in [0.1, 0.15) is 29.0 Å². The van der Waals surface area contributed by atoms with E-state index in [2.05, 4.69) is 28.9 Å². The molecule has 0 spiro atoms. The molecule has 1 N–H and O–H groups in total. The molecule has 0 amide bonds. The molecule has 1 aliphatic rings. The number of aliphatic hydroxyl groups excluding tert-OH is 1. The van der Waals surface area contributed by atoms with Crippen LogP contribution < -0.4 is 4.74 Å². The van der Waals surface area contributed by atoms with Gasteiger partial charge in [0.1, 0.15) is 18.0 Å². The highest BCUT2D eigenvalue weighted by molar-refractivity contribution is 9.11. The molecular weight excluding hydrogens is 312 g/mol. The smallest absolute Gasteiger partial charge is 0.123 e. The molecule has 2 nitrogen and oxygen atoms in total. The topological polar surface area (TPSA) is 29.5 Å². The zero-order valence-electron chi connectivity index (χ0n) is 9.89. The Morgan fingerprint density at radius 1 is 1.39 bits per heavy atom. The summed E-state index contributed by atoms with van der Waals surface area (Å²) in [5.74, 6) is 0.950. The summed E-state index contributed by atoms with van der Waals surface area (Å²) in [5, 5.41) is 10.4. The second-order valence-corrected chi connectivity index (χ2v) is 7.04. The highest BCUT2D eigenvalue weighted by atomic mass is 79.9. The first-order chi connectivity index (χ1) is 8.63. The van der Waals surface area contributed by atoms with E-state index in [9.17, 15) is 5.11 Å². The van der Waals surface area contributed by atoms with Crippen LogP contribution >= 0.6 is 27.3 Å². The molecule has 2 atom stereocenters. The molecule has 0 radical (unpaired) electrons. The number of hydrogen-bond donors (Lipinski definition) is 1. The normalized spacial score (nSPS) is 19.4. The second-order valence-electron chi connectivity index (χ2n) is 4.54. The molecule has 1 aromatic carbocycles. The van der Waals surface area contributed by atoms with E-state index in [0.717, 1.165) is 26.4 Å². The molecule has 2 aromatic rings. The largest absolute Gasteiger partial charge is 0.490 e. The quantitative estimate of drug-likeness (QED) is 0.907. The van der Waals surface area contributed by atoms with E-state index in [4.69, 9.17) is 4.74 Å². The Morgan fingerprint density at radius 2 is 2.22 bits per heavy atom. The predicted molar refractivity (Wildman–Crippen MR) is 76.3 cm³/mol. The number of thiophene rings is 1. The van der Waals surface area contributed by atoms with Crippen molar-refractivity contribution in [2.75, 3.05) is 0 Å². The number of benzene rings is 1. The van der Waals surface area contributed by atoms with Crippen molar-refractivity contribution < 1.29 is 9.84 Å². The number of hydrogen-bond acceptors (Lipinski definition) is 3. The molecule has 1 aromatic heterocycles. The average Bonchev–Trinajstić information content (AvgIpc) is 2.92. The highest BCUT2D eigenvalue weighted by Gasteiger charge is 2.21. The third kappa shape index (κ3) is 2.20. The Morgan fingerprint density at radius 3 is 2.94 bits per heavy atom. The standard InChI is InChI=1S/C14H13BrO2S/c1-8-6-10-7-9(2-3-11(10)17-8)14(16)12-4-5-13(15)18-12/h2-5,7-8,14,16H,6H2,1H3. The molecule has 18 heavy (non-hydrogen) atoms. The number of rotatable bonds is 2. The fraction of sp³-hybridized carbons (Fsp3) is 0.286. The van der Waals surface area contributed by atoms with Gasteiger partial charge in [-0.3, -0.25) is 0 Å². The maximum absolute atomic E-state index is 10.4. The molecule has 3 rings (SSSR count). The van der Waals surface area contributed by atoms with Crippen LogP contribution in [0.5, 0.6) is 5.75 Å². The van der Waals surface area contributed by atoms with Crippen LogP contribution in [-0.2, 0) is 6.42 Å². The molecule has 1 aliphatic heterocycles. The van der Waals surface area contributed by atoms with Crippen molar-refractivity contribution in [2.45, 2.75) is 25.6 Å². The van der Waals surface area contributed by atoms with E-state index in [-0.39, 0.29) is 6.10 Å². The minimum atomic E-state index is -0.553. The van der Waals surface area contributed by atoms with E-state index in [0.29, 0.717) is 0 Å². The Bertz CT molecular complexity index is 579. The van der Waals surface area contributed by atoms with Crippen LogP contribution in [-0.4, -0.2) is 11.2 Å². The van der Waals surface area contributed by atoms with Crippen molar-refractivity contribution in [1.29, 1.82) is 0 Å². The van der Waals surface area contributed by atoms with Crippen molar-refractivity contribution in [3.8, 4) is 5.75 Å². The maximum atomic E-state index is 10.4. The zero-order chi connectivity index (χ0) is 12.7. The molecule has 0 aliphatic carbocycles. The molecule has 0 saturated carbocycles. The second kappa shape index (κ2) is 4.68. The Balaban J connectivity index is 1.91. The summed E-state index contributed by atoms with van der Waals surface area (Å²) >= 11 is 4.98. The summed E-state index contributed by atoms with van der Waals surface area (Å²) < 4.78 is 6.70. The third-order valence-electron chi connectivity index (χ3n) is 3.10. The van der Waals surface area contributed by atoms with E-state index >= 15 is 0 Å². The maximum Gasteiger partial charge on any atom is 0.123 e. The number of halogens is 1. The highest BCUT2D eigenvalue weighted by Crippen LogP contribution is 2.35. The Hall–Kier alpha value is -0.840. The first-order valence-electron chi connectivity index (χ1n) is 5.86. The van der Waals surface area contributed by atoms with Gasteiger partial charge in [-0.1, -0.05) is 6.07 Å². The first-order valence-corrected chi connectivity index (χ1v) is 7.47. The van der Waals surface area contributed by atoms with Gasteiger partial charge in [0.2, 0.25) is 0 Å². The van der Waals surface area contributed by atoms with Gasteiger partial charge in [-0.05, 0) is 58.2 Å². The van der Waals surface area contributed by atoms with Gasteiger partial charge in [-0.25, -0.2) is 0 Å². The van der Waals surface area contributed by atoms with Gasteiger partial charge in [-0.15, -0.1) is 11.3 Å². The van der Waals surface area contributed by atoms with E-state index in [1.807, 2.05) is 24.3 Å². The molecule has 4 heteroatoms. The summed E-state index contributed by atoms with van der Waals surface area (Å²) in [7, 11) is 0. The summed E-state index contributed by atoms with van der Waals surface area (Å²) in [6.07, 6.45) is 0.607. The zero-order valence-corrected chi connectivity index (χ0v) is 12.3. The number of aliphatic hydroxyl groups is 1. The fourth-order valence-corrected chi connectivity index (χ4v) is 3.69. The van der Waals surface area contributed by atoms with Crippen LogP contribution in [0.2, 0.25) is 0 Å². The molecule has 94 valence electrons. The summed E-state index contributed by atoms with van der Waals surface area (Å²) in [6, 6.07) is 9.86. The lowest BCUT2D eigenvalue weighted by Crippen LogP contribution is -2.05. The molecule has 2 heterocycles. The number of fused-ring (bicyclic) bond motifs is 1. The molecular formula is C14H13BrO2S. The van der Waals surface area contributed by atoms with Gasteiger partial charge in [0.25, 0.3) is 0 Å². The van der Waals surface area contributed by atoms with Crippen LogP contribution in [0.25, 0.3) is 0 Å². The lowest BCUT2D eigenvalue weighted by atomic mass is 10.0. The van der Waals surface area contributed by atoms with Crippen LogP contribution in [0.4, 0.5) is 0 Å². The monoisotopic (exact) mass is 324 g/mol. The van der Waals surface area contributed by atoms with Crippen molar-refractivity contribution in [2.24, 2.45) is 0 Å². The lowest BCUT2D eigenvalue weighted by Gasteiger charge is -2.10. The minimum Gasteiger partial charge on any atom is -0.490 e. The summed E-state index contributed by atoms with van der Waals surface area (Å²) in [4.78, 5) is 0.953. The van der Waals surface area contributed by atoms with Gasteiger partial charge in [0.15, 0.2) is 0 Å². The minimum absolute atomic E-state index is 0.239. The third-order valence-corrected chi connectivity index (χ3v) is 4.78. The van der Waals surface area contributed by atoms with Gasteiger partial charge in [-0.2, -0.15) is 0 Å². The average molecular weight is 325 g/mol. The van der Waals surface area contributed by atoms with Crippen molar-refractivity contribution >= 4 is 27.3 Å². The summed E-state index contributed by atoms with van der Waals surface area (Å²) in [6.45, 7) is 2.06. The fourth-order valence-electron chi connectivity index (χ4n) is 2.25. The van der Waals surface area contributed by atoms with Crippen molar-refractivity contribution in [1.82, 2.24) is 0 Å². The lowest BCUT2D eigenvalue weighted by molar-refractivity contribution is 0.224. The van der Waals surface area contributed by atoms with Gasteiger partial charge in [0.05, 0.1) is 3.79 Å². The van der Waals surface area contributed by atoms with E-state index in [1.54, 1.807) is 11.3 Å². The van der Waals surface area contributed by atoms with E-state index < -0.39 is 6.10 Å². The predicted octanol–water partition coefficient (Wildman–Crippen LogP) is 3.92. The van der Waals surface area contributed by atoms with Crippen molar-refractivity contribution in [3.05, 3.63) is 50.1 Å². The van der Waals surface area contributed by atoms with Gasteiger partial charge in [0, 0.05) is 11.3 Å². The Labute approximate surface area is 118 Å². The Kier molecular flexibility index (Phi) is 3.18. The van der Waals surface area contributed by atoms with Gasteiger partial charge < -0.3 is 9.84 Å². The van der Waals surface area contributed by atoms with Crippen LogP contribution in [0.15, 0.2) is 34.1 Å². The SMILES string of the molecule is CC1Cc2cc(C(O)c3ccc(Br)s3)ccc2O1. The molecule has 2 unspecified atom stereocenters. The summed E-state index contributed by atoms with van der Waals surface area (Å²) in [5.41, 5.74) is 2.12. The molecule has 0 saturated heterocycles. The molecule has 0 bridgehead atoms. The van der Waals surface area contributed by atoms with Gasteiger partial charge >= 0.3 is 0 Å². The van der Waals surface area contributed by atoms with Crippen LogP contribution in [0.3, 0.4) is 0 Å². The molecule has 0 fully saturated rings. The first kappa shape index (κ1) is 12.2. The van der Waals surface area contributed by atoms with Crippen molar-refractivity contribution in [3.63, 3.8) is 0 Å².